The molecule has 0 heterocycles. The topological polar surface area (TPSA) is 21.3 Å². The molecule has 0 fully saturated rings. The highest BCUT2D eigenvalue weighted by Gasteiger charge is 2.20. The molecule has 0 saturated heterocycles. The normalized spacial score (nSPS) is 12.6. The van der Waals surface area contributed by atoms with Crippen LogP contribution in [0, 0.1) is 0 Å². The Kier molecular flexibility index (Phi) is 3.62. The smallest absolute Gasteiger partial charge is 0.304 e. The summed E-state index contributed by atoms with van der Waals surface area (Å²) in [6.07, 6.45) is -5.70. The molecule has 0 saturated carbocycles. The van der Waals surface area contributed by atoms with Crippen molar-refractivity contribution in [2.45, 2.75) is 12.8 Å². The Hall–Kier alpha value is -1.39. The van der Waals surface area contributed by atoms with Gasteiger partial charge in [0.1, 0.15) is 5.75 Å². The van der Waals surface area contributed by atoms with Gasteiger partial charge in [-0.15, -0.1) is 0 Å². The van der Waals surface area contributed by atoms with Gasteiger partial charge in [0.25, 0.3) is 6.36 Å². The van der Waals surface area contributed by atoms with Gasteiger partial charge in [0.15, 0.2) is 0 Å². The van der Waals surface area contributed by atoms with E-state index in [1.165, 1.54) is 12.1 Å². The third-order valence-corrected chi connectivity index (χ3v) is 1.59. The predicted molar refractivity (Wildman–Crippen MR) is 47.5 cm³/mol. The number of nitrogens with one attached hydrogen (secondary N) is 1. The Morgan fingerprint density at radius 1 is 1.14 bits per heavy atom. The Balaban J connectivity index is 2.59. The first-order chi connectivity index (χ1) is 6.63. The number of rotatable bonds is 4. The molecule has 1 aromatic rings. The van der Waals surface area contributed by atoms with E-state index in [1.807, 2.05) is 0 Å². The van der Waals surface area contributed by atoms with E-state index in [9.17, 15) is 13.2 Å². The minimum absolute atomic E-state index is 0.0804. The first kappa shape index (κ1) is 10.7. The van der Waals surface area contributed by atoms with Crippen LogP contribution >= 0.6 is 0 Å². The third-order valence-electron chi connectivity index (χ3n) is 1.59. The number of anilines is 1. The van der Waals surface area contributed by atoms with Crippen molar-refractivity contribution in [2.75, 3.05) is 12.4 Å². The summed E-state index contributed by atoms with van der Waals surface area (Å²) in [7, 11) is 1.72. The summed E-state index contributed by atoms with van der Waals surface area (Å²) in [6, 6.07) is 6.04. The number of hydrogen-bond acceptors (Lipinski definition) is 2. The predicted octanol–water partition coefficient (Wildman–Crippen LogP) is 2.67. The molecule has 1 unspecified atom stereocenters. The van der Waals surface area contributed by atoms with Crippen LogP contribution in [-0.4, -0.2) is 19.8 Å². The van der Waals surface area contributed by atoms with Gasteiger partial charge < -0.3 is 10.1 Å². The Bertz CT molecular complexity index is 276. The van der Waals surface area contributed by atoms with Crippen molar-refractivity contribution in [3.05, 3.63) is 24.3 Å². The summed E-state index contributed by atoms with van der Waals surface area (Å²) in [5.41, 5.74) is 0.796. The van der Waals surface area contributed by atoms with Crippen molar-refractivity contribution in [3.8, 4) is 5.75 Å². The van der Waals surface area contributed by atoms with E-state index in [4.69, 9.17) is 0 Å². The molecule has 14 heavy (non-hydrogen) atoms. The molecule has 0 bridgehead atoms. The zero-order valence-corrected chi connectivity index (χ0v) is 7.51. The molecule has 1 rings (SSSR count). The molecule has 0 spiro atoms. The summed E-state index contributed by atoms with van der Waals surface area (Å²) in [5, 5.41) is 2.83. The number of benzene rings is 1. The van der Waals surface area contributed by atoms with Gasteiger partial charge in [-0.1, -0.05) is 0 Å². The standard InChI is InChI=1S/C9H10F3NO/c1-13-6-2-4-7(5-3-6)14-9(12)8(10)11/h2-5,8-9,13H,1H3. The highest BCUT2D eigenvalue weighted by Crippen LogP contribution is 2.18. The number of halogens is 3. The molecule has 78 valence electrons. The van der Waals surface area contributed by atoms with Gasteiger partial charge >= 0.3 is 6.43 Å². The van der Waals surface area contributed by atoms with E-state index in [0.29, 0.717) is 0 Å². The average Bonchev–Trinajstić information content (AvgIpc) is 2.19. The summed E-state index contributed by atoms with van der Waals surface area (Å²) in [5.74, 6) is 0.0804. The van der Waals surface area contributed by atoms with Crippen LogP contribution in [0.3, 0.4) is 0 Å². The van der Waals surface area contributed by atoms with Gasteiger partial charge in [0.05, 0.1) is 0 Å². The van der Waals surface area contributed by atoms with Gasteiger partial charge in [0.2, 0.25) is 0 Å². The fourth-order valence-electron chi connectivity index (χ4n) is 0.882. The molecule has 0 radical (unpaired) electrons. The quantitative estimate of drug-likeness (QED) is 0.815. The van der Waals surface area contributed by atoms with E-state index in [1.54, 1.807) is 19.2 Å². The minimum atomic E-state index is -3.13. The summed E-state index contributed by atoms with van der Waals surface area (Å²) < 4.78 is 40.2. The van der Waals surface area contributed by atoms with Crippen LogP contribution in [-0.2, 0) is 0 Å². The molecule has 1 N–H and O–H groups in total. The molecule has 0 amide bonds. The van der Waals surface area contributed by atoms with Crippen molar-refractivity contribution in [2.24, 2.45) is 0 Å². The molecular weight excluding hydrogens is 195 g/mol. The lowest BCUT2D eigenvalue weighted by Crippen LogP contribution is -2.19. The lowest BCUT2D eigenvalue weighted by Gasteiger charge is -2.10. The number of hydrogen-bond donors (Lipinski definition) is 1. The highest BCUT2D eigenvalue weighted by atomic mass is 19.3. The van der Waals surface area contributed by atoms with Gasteiger partial charge in [0, 0.05) is 12.7 Å². The lowest BCUT2D eigenvalue weighted by atomic mass is 10.3. The lowest BCUT2D eigenvalue weighted by molar-refractivity contribution is -0.0668. The highest BCUT2D eigenvalue weighted by molar-refractivity contribution is 5.45. The fourth-order valence-corrected chi connectivity index (χ4v) is 0.882. The molecular formula is C9H10F3NO. The molecule has 2 nitrogen and oxygen atoms in total. The van der Waals surface area contributed by atoms with E-state index in [-0.39, 0.29) is 5.75 Å². The zero-order chi connectivity index (χ0) is 10.6. The van der Waals surface area contributed by atoms with Crippen LogP contribution in [0.4, 0.5) is 18.9 Å². The van der Waals surface area contributed by atoms with Gasteiger partial charge in [-0.2, -0.15) is 4.39 Å². The van der Waals surface area contributed by atoms with E-state index in [2.05, 4.69) is 10.1 Å². The van der Waals surface area contributed by atoms with E-state index in [0.717, 1.165) is 5.69 Å². The van der Waals surface area contributed by atoms with Crippen LogP contribution in [0.15, 0.2) is 24.3 Å². The van der Waals surface area contributed by atoms with Gasteiger partial charge in [-0.25, -0.2) is 8.78 Å². The maximum absolute atomic E-state index is 12.4. The minimum Gasteiger partial charge on any atom is -0.454 e. The van der Waals surface area contributed by atoms with Crippen LogP contribution < -0.4 is 10.1 Å². The monoisotopic (exact) mass is 205 g/mol. The van der Waals surface area contributed by atoms with Crippen molar-refractivity contribution in [3.63, 3.8) is 0 Å². The second-order valence-electron chi connectivity index (χ2n) is 2.58. The molecule has 0 aliphatic carbocycles. The summed E-state index contributed by atoms with van der Waals surface area (Å²) >= 11 is 0. The Labute approximate surface area is 79.7 Å². The Morgan fingerprint density at radius 2 is 1.71 bits per heavy atom. The van der Waals surface area contributed by atoms with Crippen molar-refractivity contribution < 1.29 is 17.9 Å². The Morgan fingerprint density at radius 3 is 2.14 bits per heavy atom. The van der Waals surface area contributed by atoms with Gasteiger partial charge in [-0.3, -0.25) is 0 Å². The van der Waals surface area contributed by atoms with Crippen LogP contribution in [0.2, 0.25) is 0 Å². The molecule has 5 heteroatoms. The second-order valence-corrected chi connectivity index (χ2v) is 2.58. The summed E-state index contributed by atoms with van der Waals surface area (Å²) in [4.78, 5) is 0. The maximum atomic E-state index is 12.4. The molecule has 1 aromatic carbocycles. The molecule has 0 aliphatic rings. The maximum Gasteiger partial charge on any atom is 0.304 e. The van der Waals surface area contributed by atoms with Gasteiger partial charge in [-0.05, 0) is 24.3 Å². The zero-order valence-electron chi connectivity index (χ0n) is 7.51. The molecule has 0 aliphatic heterocycles. The third kappa shape index (κ3) is 2.83. The van der Waals surface area contributed by atoms with E-state index < -0.39 is 12.8 Å². The molecule has 0 aromatic heterocycles. The van der Waals surface area contributed by atoms with Crippen molar-refractivity contribution in [1.82, 2.24) is 0 Å². The van der Waals surface area contributed by atoms with Crippen LogP contribution in [0.1, 0.15) is 0 Å². The van der Waals surface area contributed by atoms with E-state index >= 15 is 0 Å². The second kappa shape index (κ2) is 4.74. The number of ether oxygens (including phenoxy) is 1. The first-order valence-electron chi connectivity index (χ1n) is 4.00. The first-order valence-corrected chi connectivity index (χ1v) is 4.00. The van der Waals surface area contributed by atoms with Crippen LogP contribution in [0.25, 0.3) is 0 Å². The van der Waals surface area contributed by atoms with Crippen LogP contribution in [0.5, 0.6) is 5.75 Å². The largest absolute Gasteiger partial charge is 0.454 e. The molecule has 1 atom stereocenters. The SMILES string of the molecule is CNc1ccc(OC(F)C(F)F)cc1. The number of alkyl halides is 3. The fraction of sp³-hybridized carbons (Fsp3) is 0.333. The van der Waals surface area contributed by atoms with Crippen molar-refractivity contribution in [1.29, 1.82) is 0 Å². The summed E-state index contributed by atoms with van der Waals surface area (Å²) in [6.45, 7) is 0. The average molecular weight is 205 g/mol. The van der Waals surface area contributed by atoms with Crippen molar-refractivity contribution >= 4 is 5.69 Å².